The fourth-order valence-electron chi connectivity index (χ4n) is 4.93. The number of hydrogen-bond acceptors (Lipinski definition) is 6. The highest BCUT2D eigenvalue weighted by atomic mass is 16.2. The average Bonchev–Trinajstić information content (AvgIpc) is 3.14. The van der Waals surface area contributed by atoms with Crippen molar-refractivity contribution in [1.82, 2.24) is 18.7 Å². The summed E-state index contributed by atoms with van der Waals surface area (Å²) in [5.74, 6) is -0.320. The maximum Gasteiger partial charge on any atom is 0.295 e. The predicted octanol–water partition coefficient (Wildman–Crippen LogP) is 3.42. The number of nitrogens with one attached hydrogen (secondary N) is 1. The van der Waals surface area contributed by atoms with Gasteiger partial charge < -0.3 is 10.2 Å². The van der Waals surface area contributed by atoms with Crippen LogP contribution in [0.4, 0.5) is 11.5 Å². The smallest absolute Gasteiger partial charge is 0.295 e. The zero-order chi connectivity index (χ0) is 27.5. The number of carbonyl (C=O) groups is 1. The number of hydrogen-bond donors (Lipinski definition) is 1. The molecule has 0 unspecified atom stereocenters. The molecule has 0 saturated carbocycles. The molecule has 1 aliphatic rings. The van der Waals surface area contributed by atoms with Crippen LogP contribution in [0.1, 0.15) is 36.9 Å². The molecule has 0 spiro atoms. The van der Waals surface area contributed by atoms with Crippen LogP contribution in [0.5, 0.6) is 0 Å². The molecule has 1 aliphatic heterocycles. The van der Waals surface area contributed by atoms with Crippen molar-refractivity contribution < 1.29 is 4.79 Å². The van der Waals surface area contributed by atoms with E-state index in [9.17, 15) is 19.6 Å². The van der Waals surface area contributed by atoms with Crippen LogP contribution in [0.3, 0.4) is 0 Å². The van der Waals surface area contributed by atoms with Crippen LogP contribution in [-0.2, 0) is 11.8 Å². The Kier molecular flexibility index (Phi) is 7.14. The van der Waals surface area contributed by atoms with E-state index < -0.39 is 11.5 Å². The van der Waals surface area contributed by atoms with Crippen LogP contribution in [0.25, 0.3) is 17.4 Å². The van der Waals surface area contributed by atoms with Crippen molar-refractivity contribution in [3.05, 3.63) is 92.3 Å². The summed E-state index contributed by atoms with van der Waals surface area (Å²) < 4.78 is 4.48. The van der Waals surface area contributed by atoms with Gasteiger partial charge in [0.1, 0.15) is 28.8 Å². The molecule has 198 valence electrons. The minimum atomic E-state index is -0.775. The zero-order valence-corrected chi connectivity index (χ0v) is 21.9. The summed E-state index contributed by atoms with van der Waals surface area (Å²) in [5.41, 5.74) is 0.784. The predicted molar refractivity (Wildman–Crippen MR) is 150 cm³/mol. The third-order valence-electron chi connectivity index (χ3n) is 7.10. The molecule has 1 saturated heterocycles. The Morgan fingerprint density at radius 1 is 1.00 bits per heavy atom. The number of para-hydroxylation sites is 1. The molecule has 0 aliphatic carbocycles. The van der Waals surface area contributed by atoms with Crippen molar-refractivity contribution in [1.29, 1.82) is 5.26 Å². The number of benzene rings is 1. The van der Waals surface area contributed by atoms with Gasteiger partial charge in [0, 0.05) is 26.3 Å². The normalized spacial score (nSPS) is 14.2. The molecule has 39 heavy (non-hydrogen) atoms. The van der Waals surface area contributed by atoms with E-state index in [4.69, 9.17) is 4.98 Å². The second-order valence-electron chi connectivity index (χ2n) is 9.54. The standard InChI is InChI=1S/C29H29N7O3/c1-20-25(29(39)36(33(20)2)22-12-6-5-7-13-22)32-27(37)21(19-30)18-23-26(34-15-9-3-4-10-16-34)31-24-14-8-11-17-35(24)28(23)38/h5-8,11-14,17-18H,3-4,9-10,15-16H2,1-2H3,(H,32,37)/b21-18+. The topological polar surface area (TPSA) is 117 Å². The molecule has 10 nitrogen and oxygen atoms in total. The first-order valence-electron chi connectivity index (χ1n) is 12.9. The molecule has 1 amide bonds. The number of rotatable bonds is 5. The lowest BCUT2D eigenvalue weighted by molar-refractivity contribution is -0.112. The lowest BCUT2D eigenvalue weighted by Gasteiger charge is -2.23. The van der Waals surface area contributed by atoms with E-state index in [0.717, 1.165) is 38.8 Å². The second-order valence-corrected chi connectivity index (χ2v) is 9.54. The molecule has 1 N–H and O–H groups in total. The van der Waals surface area contributed by atoms with E-state index in [1.807, 2.05) is 30.3 Å². The molecule has 3 aromatic heterocycles. The molecule has 1 fully saturated rings. The molecule has 10 heteroatoms. The molecule has 1 aromatic carbocycles. The van der Waals surface area contributed by atoms with Gasteiger partial charge in [0.05, 0.1) is 16.9 Å². The number of nitriles is 1. The maximum absolute atomic E-state index is 13.6. The van der Waals surface area contributed by atoms with Crippen molar-refractivity contribution in [2.24, 2.45) is 7.05 Å². The first-order chi connectivity index (χ1) is 18.9. The Labute approximate surface area is 225 Å². The van der Waals surface area contributed by atoms with Crippen molar-refractivity contribution >= 4 is 29.1 Å². The van der Waals surface area contributed by atoms with Gasteiger partial charge in [-0.1, -0.05) is 37.1 Å². The lowest BCUT2D eigenvalue weighted by atomic mass is 10.1. The van der Waals surface area contributed by atoms with Gasteiger partial charge in [-0.05, 0) is 50.1 Å². The van der Waals surface area contributed by atoms with Crippen molar-refractivity contribution in [2.45, 2.75) is 32.6 Å². The second kappa shape index (κ2) is 10.8. The van der Waals surface area contributed by atoms with Crippen LogP contribution in [0, 0.1) is 18.3 Å². The Morgan fingerprint density at radius 3 is 2.38 bits per heavy atom. The van der Waals surface area contributed by atoms with Crippen molar-refractivity contribution in [3.8, 4) is 11.8 Å². The Balaban J connectivity index is 1.57. The van der Waals surface area contributed by atoms with Gasteiger partial charge in [0.2, 0.25) is 0 Å². The third-order valence-corrected chi connectivity index (χ3v) is 7.10. The van der Waals surface area contributed by atoms with Crippen LogP contribution < -0.4 is 21.3 Å². The number of amides is 1. The van der Waals surface area contributed by atoms with E-state index in [2.05, 4.69) is 10.2 Å². The highest BCUT2D eigenvalue weighted by Crippen LogP contribution is 2.23. The monoisotopic (exact) mass is 523 g/mol. The Hall–Kier alpha value is -4.91. The summed E-state index contributed by atoms with van der Waals surface area (Å²) in [6, 6.07) is 16.3. The number of aromatic nitrogens is 4. The largest absolute Gasteiger partial charge is 0.356 e. The van der Waals surface area contributed by atoms with Gasteiger partial charge >= 0.3 is 0 Å². The van der Waals surface area contributed by atoms with Crippen LogP contribution >= 0.6 is 0 Å². The minimum absolute atomic E-state index is 0.0635. The number of fused-ring (bicyclic) bond motifs is 1. The van der Waals surface area contributed by atoms with Crippen molar-refractivity contribution in [2.75, 3.05) is 23.3 Å². The first-order valence-corrected chi connectivity index (χ1v) is 12.9. The number of nitrogens with zero attached hydrogens (tertiary/aromatic N) is 6. The molecule has 5 rings (SSSR count). The molecule has 0 atom stereocenters. The van der Waals surface area contributed by atoms with Gasteiger partial charge in [-0.3, -0.25) is 23.5 Å². The van der Waals surface area contributed by atoms with Gasteiger partial charge in [-0.25, -0.2) is 9.67 Å². The summed E-state index contributed by atoms with van der Waals surface area (Å²) in [6.07, 6.45) is 7.02. The van der Waals surface area contributed by atoms with E-state index in [1.54, 1.807) is 49.1 Å². The quantitative estimate of drug-likeness (QED) is 0.316. The molecule has 0 radical (unpaired) electrons. The van der Waals surface area contributed by atoms with Crippen LogP contribution in [0.15, 0.2) is 69.9 Å². The molecule has 0 bridgehead atoms. The summed E-state index contributed by atoms with van der Waals surface area (Å²) in [6.45, 7) is 3.17. The van der Waals surface area contributed by atoms with E-state index >= 15 is 0 Å². The van der Waals surface area contributed by atoms with Crippen LogP contribution in [0.2, 0.25) is 0 Å². The van der Waals surface area contributed by atoms with Gasteiger partial charge in [0.15, 0.2) is 0 Å². The third kappa shape index (κ3) is 4.86. The number of anilines is 2. The Bertz CT molecular complexity index is 1730. The minimum Gasteiger partial charge on any atom is -0.356 e. The molecular weight excluding hydrogens is 494 g/mol. The summed E-state index contributed by atoms with van der Waals surface area (Å²) >= 11 is 0. The van der Waals surface area contributed by atoms with E-state index in [-0.39, 0.29) is 22.4 Å². The molecule has 4 heterocycles. The summed E-state index contributed by atoms with van der Waals surface area (Å²) in [4.78, 5) is 47.0. The van der Waals surface area contributed by atoms with Gasteiger partial charge in [0.25, 0.3) is 17.0 Å². The number of pyridine rings is 1. The zero-order valence-electron chi connectivity index (χ0n) is 21.9. The lowest BCUT2D eigenvalue weighted by Crippen LogP contribution is -2.30. The summed E-state index contributed by atoms with van der Waals surface area (Å²) in [7, 11) is 1.72. The highest BCUT2D eigenvalue weighted by Gasteiger charge is 2.23. The van der Waals surface area contributed by atoms with Gasteiger partial charge in [-0.15, -0.1) is 0 Å². The Morgan fingerprint density at radius 2 is 1.69 bits per heavy atom. The maximum atomic E-state index is 13.6. The van der Waals surface area contributed by atoms with E-state index in [1.165, 1.54) is 15.2 Å². The van der Waals surface area contributed by atoms with Crippen LogP contribution in [-0.4, -0.2) is 37.7 Å². The highest BCUT2D eigenvalue weighted by molar-refractivity contribution is 6.10. The fourth-order valence-corrected chi connectivity index (χ4v) is 4.93. The average molecular weight is 524 g/mol. The SMILES string of the molecule is Cc1c(NC(=O)/C(C#N)=C/c2c(N3CCCCCC3)nc3ccccn3c2=O)c(=O)n(-c2ccccc2)n1C. The molecular formula is C29H29N7O3. The first kappa shape index (κ1) is 25.7. The molecule has 4 aromatic rings. The summed E-state index contributed by atoms with van der Waals surface area (Å²) in [5, 5.41) is 12.6. The fraction of sp³-hybridized carbons (Fsp3) is 0.276. The number of carbonyl (C=O) groups excluding carboxylic acids is 1. The van der Waals surface area contributed by atoms with E-state index in [0.29, 0.717) is 22.8 Å². The van der Waals surface area contributed by atoms with Crippen molar-refractivity contribution in [3.63, 3.8) is 0 Å². The van der Waals surface area contributed by atoms with Gasteiger partial charge in [-0.2, -0.15) is 5.26 Å².